The van der Waals surface area contributed by atoms with Gasteiger partial charge in [-0.25, -0.2) is 0 Å². The van der Waals surface area contributed by atoms with Gasteiger partial charge in [0.1, 0.15) is 5.69 Å². The van der Waals surface area contributed by atoms with E-state index in [0.29, 0.717) is 5.69 Å². The van der Waals surface area contributed by atoms with Crippen molar-refractivity contribution < 1.29 is 4.79 Å². The number of pyridine rings is 1. The van der Waals surface area contributed by atoms with Crippen LogP contribution in [-0.2, 0) is 19.9 Å². The van der Waals surface area contributed by atoms with Crippen molar-refractivity contribution in [1.82, 2.24) is 20.1 Å². The fraction of sp³-hybridized carbons (Fsp3) is 0.316. The minimum Gasteiger partial charge on any atom is -0.344 e. The molecule has 130 valence electrons. The van der Waals surface area contributed by atoms with Crippen LogP contribution in [0.2, 0.25) is 0 Å². The highest BCUT2D eigenvalue weighted by Gasteiger charge is 2.22. The van der Waals surface area contributed by atoms with E-state index in [9.17, 15) is 4.79 Å². The van der Waals surface area contributed by atoms with Crippen molar-refractivity contribution in [1.29, 1.82) is 0 Å². The molecule has 0 radical (unpaired) electrons. The first-order valence-electron chi connectivity index (χ1n) is 8.34. The second kappa shape index (κ2) is 7.61. The van der Waals surface area contributed by atoms with Crippen LogP contribution in [-0.4, -0.2) is 20.7 Å². The summed E-state index contributed by atoms with van der Waals surface area (Å²) in [6, 6.07) is 5.85. The third-order valence-corrected chi connectivity index (χ3v) is 5.08. The van der Waals surface area contributed by atoms with E-state index in [4.69, 9.17) is 0 Å². The van der Waals surface area contributed by atoms with Crippen LogP contribution >= 0.6 is 11.3 Å². The Morgan fingerprint density at radius 2 is 2.24 bits per heavy atom. The molecule has 0 aliphatic rings. The summed E-state index contributed by atoms with van der Waals surface area (Å²) >= 11 is 1.66. The average molecular weight is 354 g/mol. The number of aryl methyl sites for hydroxylation is 2. The number of amides is 1. The van der Waals surface area contributed by atoms with Crippen LogP contribution in [0.4, 0.5) is 0 Å². The SMILES string of the molecule is CCc1nn(C)c(C(=O)N[C@@H](Cc2ccsc2)c2cccnc2)c1C. The second-order valence-corrected chi connectivity index (χ2v) is 6.83. The Morgan fingerprint density at radius 1 is 1.40 bits per heavy atom. The Bertz CT molecular complexity index is 840. The van der Waals surface area contributed by atoms with Gasteiger partial charge < -0.3 is 5.32 Å². The van der Waals surface area contributed by atoms with Crippen LogP contribution in [0, 0.1) is 6.92 Å². The van der Waals surface area contributed by atoms with Crippen LogP contribution in [0.15, 0.2) is 41.4 Å². The topological polar surface area (TPSA) is 59.8 Å². The molecule has 3 aromatic rings. The van der Waals surface area contributed by atoms with Crippen molar-refractivity contribution in [2.24, 2.45) is 7.05 Å². The lowest BCUT2D eigenvalue weighted by atomic mass is 10.0. The van der Waals surface area contributed by atoms with Gasteiger partial charge in [0, 0.05) is 25.0 Å². The van der Waals surface area contributed by atoms with Gasteiger partial charge in [0.15, 0.2) is 0 Å². The summed E-state index contributed by atoms with van der Waals surface area (Å²) in [5.74, 6) is -0.101. The summed E-state index contributed by atoms with van der Waals surface area (Å²) in [5.41, 5.74) is 4.73. The number of thiophene rings is 1. The number of nitrogens with one attached hydrogen (secondary N) is 1. The van der Waals surface area contributed by atoms with Crippen LogP contribution < -0.4 is 5.32 Å². The fourth-order valence-corrected chi connectivity index (χ4v) is 3.73. The number of hydrogen-bond donors (Lipinski definition) is 1. The van der Waals surface area contributed by atoms with Gasteiger partial charge >= 0.3 is 0 Å². The molecule has 6 heteroatoms. The van der Waals surface area contributed by atoms with Crippen molar-refractivity contribution in [3.05, 3.63) is 69.4 Å². The highest BCUT2D eigenvalue weighted by Crippen LogP contribution is 2.21. The van der Waals surface area contributed by atoms with E-state index in [0.717, 1.165) is 29.7 Å². The molecular weight excluding hydrogens is 332 g/mol. The summed E-state index contributed by atoms with van der Waals surface area (Å²) in [6.45, 7) is 4.00. The first kappa shape index (κ1) is 17.4. The van der Waals surface area contributed by atoms with Gasteiger partial charge in [-0.15, -0.1) is 0 Å². The highest BCUT2D eigenvalue weighted by molar-refractivity contribution is 7.07. The molecule has 1 amide bonds. The summed E-state index contributed by atoms with van der Waals surface area (Å²) in [5, 5.41) is 11.8. The van der Waals surface area contributed by atoms with Crippen molar-refractivity contribution in [2.75, 3.05) is 0 Å². The highest BCUT2D eigenvalue weighted by atomic mass is 32.1. The third kappa shape index (κ3) is 3.79. The van der Waals surface area contributed by atoms with Crippen LogP contribution in [0.3, 0.4) is 0 Å². The van der Waals surface area contributed by atoms with Crippen molar-refractivity contribution in [3.8, 4) is 0 Å². The lowest BCUT2D eigenvalue weighted by Crippen LogP contribution is -2.31. The maximum atomic E-state index is 12.9. The van der Waals surface area contributed by atoms with Crippen molar-refractivity contribution in [3.63, 3.8) is 0 Å². The Hall–Kier alpha value is -2.47. The molecule has 5 nitrogen and oxygen atoms in total. The number of rotatable bonds is 6. The summed E-state index contributed by atoms with van der Waals surface area (Å²) < 4.78 is 1.67. The van der Waals surface area contributed by atoms with Crippen LogP contribution in [0.5, 0.6) is 0 Å². The standard InChI is InChI=1S/C19H22N4OS/c1-4-16-13(2)18(23(3)22-16)19(24)21-17(10-14-7-9-25-12-14)15-6-5-8-20-11-15/h5-9,11-12,17H,4,10H2,1-3H3,(H,21,24)/t17-/m0/s1. The molecule has 1 N–H and O–H groups in total. The zero-order valence-electron chi connectivity index (χ0n) is 14.7. The predicted octanol–water partition coefficient (Wildman–Crippen LogP) is 3.46. The molecule has 0 aromatic carbocycles. The fourth-order valence-electron chi connectivity index (χ4n) is 3.04. The molecule has 0 aliphatic carbocycles. The Kier molecular flexibility index (Phi) is 5.28. The number of carbonyl (C=O) groups excluding carboxylic acids is 1. The Labute approximate surface area is 151 Å². The van der Waals surface area contributed by atoms with E-state index in [1.165, 1.54) is 5.56 Å². The predicted molar refractivity (Wildman–Crippen MR) is 99.8 cm³/mol. The number of aromatic nitrogens is 3. The van der Waals surface area contributed by atoms with E-state index < -0.39 is 0 Å². The van der Waals surface area contributed by atoms with Gasteiger partial charge in [-0.3, -0.25) is 14.5 Å². The second-order valence-electron chi connectivity index (χ2n) is 6.05. The first-order chi connectivity index (χ1) is 12.1. The van der Waals surface area contributed by atoms with E-state index in [-0.39, 0.29) is 11.9 Å². The van der Waals surface area contributed by atoms with E-state index in [2.05, 4.69) is 32.2 Å². The molecule has 0 unspecified atom stereocenters. The molecule has 3 heterocycles. The van der Waals surface area contributed by atoms with Crippen LogP contribution in [0.1, 0.15) is 45.8 Å². The third-order valence-electron chi connectivity index (χ3n) is 4.34. The van der Waals surface area contributed by atoms with Gasteiger partial charge in [-0.1, -0.05) is 13.0 Å². The quantitative estimate of drug-likeness (QED) is 0.737. The zero-order chi connectivity index (χ0) is 17.8. The molecule has 0 aliphatic heterocycles. The van der Waals surface area contributed by atoms with Crippen LogP contribution in [0.25, 0.3) is 0 Å². The maximum absolute atomic E-state index is 12.9. The zero-order valence-corrected chi connectivity index (χ0v) is 15.5. The van der Waals surface area contributed by atoms with Gasteiger partial charge in [0.25, 0.3) is 5.91 Å². The molecule has 0 spiro atoms. The number of carbonyl (C=O) groups is 1. The molecule has 1 atom stereocenters. The lowest BCUT2D eigenvalue weighted by Gasteiger charge is -2.19. The lowest BCUT2D eigenvalue weighted by molar-refractivity contribution is 0.0926. The number of nitrogens with zero attached hydrogens (tertiary/aromatic N) is 3. The van der Waals surface area contributed by atoms with E-state index in [1.807, 2.05) is 39.2 Å². The van der Waals surface area contributed by atoms with Gasteiger partial charge in [0.05, 0.1) is 11.7 Å². The molecule has 3 rings (SSSR count). The summed E-state index contributed by atoms with van der Waals surface area (Å²) in [6.07, 6.45) is 5.10. The summed E-state index contributed by atoms with van der Waals surface area (Å²) in [4.78, 5) is 17.1. The molecule has 0 fully saturated rings. The minimum absolute atomic E-state index is 0.101. The van der Waals surface area contributed by atoms with Crippen molar-refractivity contribution in [2.45, 2.75) is 32.7 Å². The molecule has 0 bridgehead atoms. The molecule has 0 saturated carbocycles. The maximum Gasteiger partial charge on any atom is 0.270 e. The Morgan fingerprint density at radius 3 is 2.84 bits per heavy atom. The Balaban J connectivity index is 1.87. The largest absolute Gasteiger partial charge is 0.344 e. The molecule has 0 saturated heterocycles. The number of hydrogen-bond acceptors (Lipinski definition) is 4. The monoisotopic (exact) mass is 354 g/mol. The smallest absolute Gasteiger partial charge is 0.270 e. The summed E-state index contributed by atoms with van der Waals surface area (Å²) in [7, 11) is 1.82. The first-order valence-corrected chi connectivity index (χ1v) is 9.28. The van der Waals surface area contributed by atoms with Gasteiger partial charge in [0.2, 0.25) is 0 Å². The normalized spacial score (nSPS) is 12.1. The van der Waals surface area contributed by atoms with Gasteiger partial charge in [-0.2, -0.15) is 16.4 Å². The van der Waals surface area contributed by atoms with E-state index >= 15 is 0 Å². The molecule has 25 heavy (non-hydrogen) atoms. The molecular formula is C19H22N4OS. The van der Waals surface area contributed by atoms with E-state index in [1.54, 1.807) is 22.2 Å². The van der Waals surface area contributed by atoms with Crippen molar-refractivity contribution >= 4 is 17.2 Å². The van der Waals surface area contributed by atoms with Gasteiger partial charge in [-0.05, 0) is 53.8 Å². The molecule has 3 aromatic heterocycles. The minimum atomic E-state index is -0.129. The average Bonchev–Trinajstić information content (AvgIpc) is 3.22.